The summed E-state index contributed by atoms with van der Waals surface area (Å²) in [5, 5.41) is 11.7. The molecule has 0 spiro atoms. The number of aryl methyl sites for hydroxylation is 1. The molecule has 0 aromatic carbocycles. The molecule has 0 fully saturated rings. The molecule has 4 heteroatoms. The lowest BCUT2D eigenvalue weighted by Crippen LogP contribution is -2.18. The standard InChI is InChI=1S/C8H10N2O2/c1-5-3-7(11)6(4-10-5)8(12)9-2/h3-4H,1-2H3,(H,9,12)(H,10,11). The van der Waals surface area contributed by atoms with Crippen LogP contribution in [0.5, 0.6) is 5.75 Å². The van der Waals surface area contributed by atoms with Crippen LogP contribution in [0, 0.1) is 6.92 Å². The molecule has 0 unspecified atom stereocenters. The van der Waals surface area contributed by atoms with Crippen molar-refractivity contribution in [2.24, 2.45) is 0 Å². The second kappa shape index (κ2) is 3.21. The number of carbonyl (C=O) groups is 1. The van der Waals surface area contributed by atoms with E-state index in [2.05, 4.69) is 10.3 Å². The first-order chi connectivity index (χ1) is 5.65. The zero-order valence-corrected chi connectivity index (χ0v) is 6.96. The average Bonchev–Trinajstić information content (AvgIpc) is 2.03. The summed E-state index contributed by atoms with van der Waals surface area (Å²) >= 11 is 0. The van der Waals surface area contributed by atoms with E-state index in [0.717, 1.165) is 0 Å². The number of hydrogen-bond donors (Lipinski definition) is 2. The van der Waals surface area contributed by atoms with Gasteiger partial charge in [-0.15, -0.1) is 0 Å². The predicted octanol–water partition coefficient (Wildman–Crippen LogP) is 0.455. The van der Waals surface area contributed by atoms with Crippen molar-refractivity contribution in [3.05, 3.63) is 23.5 Å². The van der Waals surface area contributed by atoms with Gasteiger partial charge in [0.2, 0.25) is 0 Å². The second-order valence-corrected chi connectivity index (χ2v) is 2.42. The van der Waals surface area contributed by atoms with E-state index in [9.17, 15) is 9.90 Å². The van der Waals surface area contributed by atoms with Gasteiger partial charge < -0.3 is 10.4 Å². The maximum atomic E-state index is 11.0. The van der Waals surface area contributed by atoms with Gasteiger partial charge in [0.15, 0.2) is 0 Å². The van der Waals surface area contributed by atoms with Crippen LogP contribution in [0.2, 0.25) is 0 Å². The van der Waals surface area contributed by atoms with E-state index in [4.69, 9.17) is 0 Å². The van der Waals surface area contributed by atoms with Crippen LogP contribution >= 0.6 is 0 Å². The topological polar surface area (TPSA) is 62.2 Å². The summed E-state index contributed by atoms with van der Waals surface area (Å²) in [6.07, 6.45) is 1.35. The molecule has 0 aliphatic heterocycles. The number of aromatic nitrogens is 1. The molecule has 0 aliphatic rings. The SMILES string of the molecule is CNC(=O)c1cnc(C)cc1O. The minimum absolute atomic E-state index is 0.0400. The highest BCUT2D eigenvalue weighted by atomic mass is 16.3. The summed E-state index contributed by atoms with van der Waals surface area (Å²) in [7, 11) is 1.50. The molecule has 0 radical (unpaired) electrons. The number of aromatic hydroxyl groups is 1. The average molecular weight is 166 g/mol. The summed E-state index contributed by atoms with van der Waals surface area (Å²) in [6, 6.07) is 1.45. The van der Waals surface area contributed by atoms with Crippen molar-refractivity contribution in [1.82, 2.24) is 10.3 Å². The first kappa shape index (κ1) is 8.52. The van der Waals surface area contributed by atoms with E-state index in [1.807, 2.05) is 0 Å². The fraction of sp³-hybridized carbons (Fsp3) is 0.250. The number of carbonyl (C=O) groups excluding carboxylic acids is 1. The van der Waals surface area contributed by atoms with Gasteiger partial charge in [0, 0.05) is 25.0 Å². The van der Waals surface area contributed by atoms with Crippen molar-refractivity contribution in [2.45, 2.75) is 6.92 Å². The molecular weight excluding hydrogens is 156 g/mol. The number of hydrogen-bond acceptors (Lipinski definition) is 3. The Balaban J connectivity index is 3.09. The number of rotatable bonds is 1. The highest BCUT2D eigenvalue weighted by Crippen LogP contribution is 2.15. The van der Waals surface area contributed by atoms with Crippen molar-refractivity contribution >= 4 is 5.91 Å². The first-order valence-corrected chi connectivity index (χ1v) is 3.53. The van der Waals surface area contributed by atoms with Gasteiger partial charge >= 0.3 is 0 Å². The Morgan fingerprint density at radius 1 is 1.67 bits per heavy atom. The first-order valence-electron chi connectivity index (χ1n) is 3.53. The maximum Gasteiger partial charge on any atom is 0.256 e. The van der Waals surface area contributed by atoms with Gasteiger partial charge in [-0.1, -0.05) is 0 Å². The molecule has 0 saturated carbocycles. The van der Waals surface area contributed by atoms with Crippen LogP contribution in [0.1, 0.15) is 16.1 Å². The lowest BCUT2D eigenvalue weighted by atomic mass is 10.2. The molecule has 2 N–H and O–H groups in total. The Morgan fingerprint density at radius 3 is 2.83 bits per heavy atom. The number of nitrogens with one attached hydrogen (secondary N) is 1. The van der Waals surface area contributed by atoms with Gasteiger partial charge in [0.25, 0.3) is 5.91 Å². The molecule has 0 aliphatic carbocycles. The summed E-state index contributed by atoms with van der Waals surface area (Å²) < 4.78 is 0. The van der Waals surface area contributed by atoms with Crippen molar-refractivity contribution < 1.29 is 9.90 Å². The Kier molecular flexibility index (Phi) is 2.28. The van der Waals surface area contributed by atoms with E-state index < -0.39 is 0 Å². The monoisotopic (exact) mass is 166 g/mol. The fourth-order valence-corrected chi connectivity index (χ4v) is 0.855. The summed E-state index contributed by atoms with van der Waals surface area (Å²) in [5.74, 6) is -0.373. The summed E-state index contributed by atoms with van der Waals surface area (Å²) in [6.45, 7) is 1.74. The van der Waals surface area contributed by atoms with Gasteiger partial charge in [-0.25, -0.2) is 0 Å². The van der Waals surface area contributed by atoms with E-state index in [1.165, 1.54) is 19.3 Å². The largest absolute Gasteiger partial charge is 0.507 e. The van der Waals surface area contributed by atoms with Crippen LogP contribution in [0.25, 0.3) is 0 Å². The fourth-order valence-electron chi connectivity index (χ4n) is 0.855. The molecule has 1 heterocycles. The Hall–Kier alpha value is -1.58. The van der Waals surface area contributed by atoms with Gasteiger partial charge in [0.05, 0.1) is 5.56 Å². The van der Waals surface area contributed by atoms with Crippen LogP contribution in [0.3, 0.4) is 0 Å². The maximum absolute atomic E-state index is 11.0. The van der Waals surface area contributed by atoms with Gasteiger partial charge in [0.1, 0.15) is 5.75 Å². The Morgan fingerprint density at radius 2 is 2.33 bits per heavy atom. The van der Waals surface area contributed by atoms with E-state index in [1.54, 1.807) is 6.92 Å². The van der Waals surface area contributed by atoms with Crippen LogP contribution in [-0.4, -0.2) is 23.0 Å². The third kappa shape index (κ3) is 1.53. The molecule has 0 saturated heterocycles. The number of nitrogens with zero attached hydrogens (tertiary/aromatic N) is 1. The normalized spacial score (nSPS) is 9.50. The second-order valence-electron chi connectivity index (χ2n) is 2.42. The minimum atomic E-state index is -0.333. The molecule has 0 atom stereocenters. The minimum Gasteiger partial charge on any atom is -0.507 e. The molecule has 1 aromatic heterocycles. The lowest BCUT2D eigenvalue weighted by Gasteiger charge is -2.02. The molecule has 0 bridgehead atoms. The zero-order chi connectivity index (χ0) is 9.14. The van der Waals surface area contributed by atoms with E-state index in [0.29, 0.717) is 5.69 Å². The van der Waals surface area contributed by atoms with Gasteiger partial charge in [-0.3, -0.25) is 9.78 Å². The van der Waals surface area contributed by atoms with Crippen LogP contribution in [-0.2, 0) is 0 Å². The molecule has 1 rings (SSSR count). The molecule has 1 amide bonds. The van der Waals surface area contributed by atoms with E-state index in [-0.39, 0.29) is 17.2 Å². The van der Waals surface area contributed by atoms with Crippen molar-refractivity contribution in [2.75, 3.05) is 7.05 Å². The van der Waals surface area contributed by atoms with Crippen LogP contribution in [0.15, 0.2) is 12.3 Å². The lowest BCUT2D eigenvalue weighted by molar-refractivity contribution is 0.0960. The van der Waals surface area contributed by atoms with Crippen molar-refractivity contribution in [1.29, 1.82) is 0 Å². The Bertz CT molecular complexity index is 310. The zero-order valence-electron chi connectivity index (χ0n) is 6.96. The quantitative estimate of drug-likeness (QED) is 0.637. The smallest absolute Gasteiger partial charge is 0.256 e. The molecule has 64 valence electrons. The molecule has 1 aromatic rings. The van der Waals surface area contributed by atoms with Gasteiger partial charge in [-0.2, -0.15) is 0 Å². The van der Waals surface area contributed by atoms with Crippen molar-refractivity contribution in [3.8, 4) is 5.75 Å². The molecule has 12 heavy (non-hydrogen) atoms. The molecule has 4 nitrogen and oxygen atoms in total. The van der Waals surface area contributed by atoms with Gasteiger partial charge in [-0.05, 0) is 6.92 Å². The van der Waals surface area contributed by atoms with Crippen molar-refractivity contribution in [3.63, 3.8) is 0 Å². The molecular formula is C8H10N2O2. The predicted molar refractivity (Wildman–Crippen MR) is 44.0 cm³/mol. The van der Waals surface area contributed by atoms with E-state index >= 15 is 0 Å². The summed E-state index contributed by atoms with van der Waals surface area (Å²) in [4.78, 5) is 14.9. The Labute approximate surface area is 70.3 Å². The van der Waals surface area contributed by atoms with Crippen LogP contribution < -0.4 is 5.32 Å². The highest BCUT2D eigenvalue weighted by Gasteiger charge is 2.08. The number of pyridine rings is 1. The third-order valence-corrected chi connectivity index (χ3v) is 1.49. The van der Waals surface area contributed by atoms with Crippen LogP contribution in [0.4, 0.5) is 0 Å². The summed E-state index contributed by atoms with van der Waals surface area (Å²) in [5.41, 5.74) is 0.878. The third-order valence-electron chi connectivity index (χ3n) is 1.49. The highest BCUT2D eigenvalue weighted by molar-refractivity contribution is 5.96. The number of amides is 1.